The number of nitrogens with two attached hydrogens (primary N) is 1. The van der Waals surface area contributed by atoms with Crippen molar-refractivity contribution in [2.75, 3.05) is 13.2 Å². The van der Waals surface area contributed by atoms with Gasteiger partial charge in [0, 0.05) is 19.3 Å². The molecule has 1 aromatic rings. The van der Waals surface area contributed by atoms with Crippen molar-refractivity contribution >= 4 is 43.2 Å². The number of ether oxygens (including phenoxy) is 1. The lowest BCUT2D eigenvalue weighted by Crippen LogP contribution is -2.27. The number of hydrogen-bond acceptors (Lipinski definition) is 3. The highest BCUT2D eigenvalue weighted by molar-refractivity contribution is 9.12. The molecule has 1 aromatic heterocycles. The Kier molecular flexibility index (Phi) is 4.24. The summed E-state index contributed by atoms with van der Waals surface area (Å²) in [5.41, 5.74) is 7.51. The summed E-state index contributed by atoms with van der Waals surface area (Å²) in [4.78, 5) is 0. The molecule has 2 heterocycles. The zero-order chi connectivity index (χ0) is 10.8. The topological polar surface area (TPSA) is 35.2 Å². The maximum absolute atomic E-state index is 6.28. The monoisotopic (exact) mass is 353 g/mol. The van der Waals surface area contributed by atoms with E-state index in [1.807, 2.05) is 0 Å². The maximum atomic E-state index is 6.28. The van der Waals surface area contributed by atoms with Gasteiger partial charge in [-0.3, -0.25) is 0 Å². The molecule has 1 aliphatic rings. The van der Waals surface area contributed by atoms with Crippen LogP contribution >= 0.6 is 43.2 Å². The van der Waals surface area contributed by atoms with Gasteiger partial charge in [0.05, 0.1) is 7.57 Å². The van der Waals surface area contributed by atoms with Gasteiger partial charge in [0.15, 0.2) is 0 Å². The summed E-state index contributed by atoms with van der Waals surface area (Å²) in [5.74, 6) is 0.552. The summed E-state index contributed by atoms with van der Waals surface area (Å²) in [6.45, 7) is 1.70. The first-order valence-corrected chi connectivity index (χ1v) is 7.37. The smallest absolute Gasteiger partial charge is 0.0758 e. The molecule has 5 heteroatoms. The minimum absolute atomic E-state index is 0.130. The lowest BCUT2D eigenvalue weighted by Gasteiger charge is -2.27. The highest BCUT2D eigenvalue weighted by Gasteiger charge is 2.24. The van der Waals surface area contributed by atoms with Gasteiger partial charge in [-0.25, -0.2) is 0 Å². The van der Waals surface area contributed by atoms with E-state index in [0.29, 0.717) is 5.92 Å². The molecule has 1 aliphatic heterocycles. The molecule has 1 fully saturated rings. The first-order valence-electron chi connectivity index (χ1n) is 4.96. The molecule has 2 rings (SSSR count). The van der Waals surface area contributed by atoms with Crippen molar-refractivity contribution in [3.63, 3.8) is 0 Å². The molecule has 0 bridgehead atoms. The summed E-state index contributed by atoms with van der Waals surface area (Å²) in [5, 5.41) is 0. The van der Waals surface area contributed by atoms with E-state index in [-0.39, 0.29) is 6.04 Å². The normalized spacial score (nSPS) is 20.5. The lowest BCUT2D eigenvalue weighted by molar-refractivity contribution is 0.0583. The third kappa shape index (κ3) is 2.82. The summed E-state index contributed by atoms with van der Waals surface area (Å²) in [7, 11) is 0. The molecule has 0 saturated carbocycles. The van der Waals surface area contributed by atoms with Crippen molar-refractivity contribution in [3.05, 3.63) is 19.2 Å². The average molecular weight is 355 g/mol. The van der Waals surface area contributed by atoms with Crippen molar-refractivity contribution in [2.45, 2.75) is 18.9 Å². The quantitative estimate of drug-likeness (QED) is 0.878. The van der Waals surface area contributed by atoms with Crippen LogP contribution in [0.5, 0.6) is 0 Å². The van der Waals surface area contributed by atoms with E-state index in [4.69, 9.17) is 10.5 Å². The molecule has 0 radical (unpaired) electrons. The predicted molar refractivity (Wildman–Crippen MR) is 70.2 cm³/mol. The molecule has 1 saturated heterocycles. The van der Waals surface area contributed by atoms with Crippen LogP contribution in [0.25, 0.3) is 0 Å². The Labute approximate surface area is 110 Å². The fourth-order valence-corrected chi connectivity index (χ4v) is 4.86. The Morgan fingerprint density at radius 3 is 2.60 bits per heavy atom. The molecule has 2 N–H and O–H groups in total. The van der Waals surface area contributed by atoms with Gasteiger partial charge < -0.3 is 10.5 Å². The Balaban J connectivity index is 2.12. The van der Waals surface area contributed by atoms with Crippen LogP contribution in [0.3, 0.4) is 0 Å². The van der Waals surface area contributed by atoms with E-state index >= 15 is 0 Å². The number of rotatable bonds is 2. The van der Waals surface area contributed by atoms with Gasteiger partial charge in [0.1, 0.15) is 0 Å². The van der Waals surface area contributed by atoms with E-state index in [1.165, 1.54) is 5.56 Å². The number of hydrogen-bond donors (Lipinski definition) is 1. The Morgan fingerprint density at radius 2 is 2.07 bits per heavy atom. The average Bonchev–Trinajstić information content (AvgIpc) is 2.58. The van der Waals surface area contributed by atoms with Crippen LogP contribution in [0.15, 0.2) is 13.6 Å². The predicted octanol–water partition coefficient (Wildman–Crippen LogP) is 3.70. The molecule has 0 aromatic carbocycles. The Bertz CT molecular complexity index is 336. The lowest BCUT2D eigenvalue weighted by atomic mass is 9.89. The molecule has 0 spiro atoms. The zero-order valence-corrected chi connectivity index (χ0v) is 12.2. The van der Waals surface area contributed by atoms with Crippen LogP contribution < -0.4 is 5.73 Å². The van der Waals surface area contributed by atoms with E-state index in [0.717, 1.165) is 33.6 Å². The molecule has 1 atom stereocenters. The molecular weight excluding hydrogens is 342 g/mol. The van der Waals surface area contributed by atoms with E-state index in [1.54, 1.807) is 11.3 Å². The molecule has 1 unspecified atom stereocenters. The molecule has 2 nitrogen and oxygen atoms in total. The van der Waals surface area contributed by atoms with Crippen LogP contribution in [0.2, 0.25) is 0 Å². The van der Waals surface area contributed by atoms with Crippen molar-refractivity contribution in [1.29, 1.82) is 0 Å². The van der Waals surface area contributed by atoms with Gasteiger partial charge in [-0.15, -0.1) is 11.3 Å². The second-order valence-electron chi connectivity index (χ2n) is 3.76. The maximum Gasteiger partial charge on any atom is 0.0758 e. The standard InChI is InChI=1S/C10H13Br2NOS/c11-8-5-7(10(12)15-8)9(13)6-1-3-14-4-2-6/h5-6,9H,1-4,13H2. The van der Waals surface area contributed by atoms with Crippen LogP contribution in [0.1, 0.15) is 24.4 Å². The third-order valence-electron chi connectivity index (χ3n) is 2.82. The Hall–Kier alpha value is 0.580. The third-order valence-corrected chi connectivity index (χ3v) is 5.20. The van der Waals surface area contributed by atoms with Crippen molar-refractivity contribution in [1.82, 2.24) is 0 Å². The van der Waals surface area contributed by atoms with Crippen molar-refractivity contribution in [3.8, 4) is 0 Å². The van der Waals surface area contributed by atoms with Gasteiger partial charge in [-0.1, -0.05) is 0 Å². The van der Waals surface area contributed by atoms with Crippen LogP contribution in [0.4, 0.5) is 0 Å². The minimum atomic E-state index is 0.130. The summed E-state index contributed by atoms with van der Waals surface area (Å²) in [6, 6.07) is 2.25. The van der Waals surface area contributed by atoms with Gasteiger partial charge in [0.2, 0.25) is 0 Å². The molecular formula is C10H13Br2NOS. The first-order chi connectivity index (χ1) is 7.18. The van der Waals surface area contributed by atoms with Gasteiger partial charge >= 0.3 is 0 Å². The molecule has 0 aliphatic carbocycles. The van der Waals surface area contributed by atoms with E-state index < -0.39 is 0 Å². The second kappa shape index (κ2) is 5.27. The Morgan fingerprint density at radius 1 is 1.40 bits per heavy atom. The van der Waals surface area contributed by atoms with Crippen LogP contribution in [-0.2, 0) is 4.74 Å². The van der Waals surface area contributed by atoms with E-state index in [9.17, 15) is 0 Å². The molecule has 0 amide bonds. The highest BCUT2D eigenvalue weighted by Crippen LogP contribution is 2.39. The number of thiophene rings is 1. The van der Waals surface area contributed by atoms with Gasteiger partial charge in [-0.2, -0.15) is 0 Å². The molecule has 84 valence electrons. The fraction of sp³-hybridized carbons (Fsp3) is 0.600. The van der Waals surface area contributed by atoms with Crippen LogP contribution in [-0.4, -0.2) is 13.2 Å². The highest BCUT2D eigenvalue weighted by atomic mass is 79.9. The van der Waals surface area contributed by atoms with Gasteiger partial charge in [0.25, 0.3) is 0 Å². The minimum Gasteiger partial charge on any atom is -0.381 e. The largest absolute Gasteiger partial charge is 0.381 e. The van der Waals surface area contributed by atoms with Crippen molar-refractivity contribution < 1.29 is 4.74 Å². The summed E-state index contributed by atoms with van der Waals surface area (Å²) >= 11 is 8.73. The van der Waals surface area contributed by atoms with Crippen molar-refractivity contribution in [2.24, 2.45) is 11.7 Å². The number of halogens is 2. The van der Waals surface area contributed by atoms with Gasteiger partial charge in [-0.05, 0) is 62.2 Å². The zero-order valence-electron chi connectivity index (χ0n) is 8.21. The first kappa shape index (κ1) is 12.0. The molecule has 15 heavy (non-hydrogen) atoms. The summed E-state index contributed by atoms with van der Waals surface area (Å²) < 4.78 is 7.63. The summed E-state index contributed by atoms with van der Waals surface area (Å²) in [6.07, 6.45) is 2.14. The SMILES string of the molecule is NC(c1cc(Br)sc1Br)C1CCOCC1. The van der Waals surface area contributed by atoms with E-state index in [2.05, 4.69) is 37.9 Å². The second-order valence-corrected chi connectivity index (χ2v) is 7.50. The van der Waals surface area contributed by atoms with Crippen LogP contribution in [0, 0.1) is 5.92 Å². The fourth-order valence-electron chi connectivity index (χ4n) is 1.91.